The third kappa shape index (κ3) is 2.24. The van der Waals surface area contributed by atoms with E-state index in [0.717, 1.165) is 10.4 Å². The normalized spacial score (nSPS) is 10.0. The van der Waals surface area contributed by atoms with E-state index in [4.69, 9.17) is 5.26 Å². The monoisotopic (exact) mass is 306 g/mol. The maximum atomic E-state index is 11.7. The van der Waals surface area contributed by atoms with Crippen molar-refractivity contribution in [1.82, 2.24) is 4.98 Å². The molecule has 106 valence electrons. The Morgan fingerprint density at radius 3 is 2.59 bits per heavy atom. The molecule has 0 bridgehead atoms. The molecule has 1 aromatic carbocycles. The number of hydrogen-bond acceptors (Lipinski definition) is 4. The molecule has 0 fully saturated rings. The van der Waals surface area contributed by atoms with Crippen molar-refractivity contribution in [3.63, 3.8) is 0 Å². The van der Waals surface area contributed by atoms with Crippen molar-refractivity contribution in [1.29, 1.82) is 5.26 Å². The summed E-state index contributed by atoms with van der Waals surface area (Å²) in [7, 11) is 0. The van der Waals surface area contributed by atoms with E-state index in [0.29, 0.717) is 15.8 Å². The number of aromatic hydroxyl groups is 1. The van der Waals surface area contributed by atoms with Crippen molar-refractivity contribution < 1.29 is 5.11 Å². The van der Waals surface area contributed by atoms with Crippen molar-refractivity contribution in [3.05, 3.63) is 62.3 Å². The van der Waals surface area contributed by atoms with Crippen molar-refractivity contribution >= 4 is 21.6 Å². The second-order valence-electron chi connectivity index (χ2n) is 4.64. The number of nitrogens with one attached hydrogen (secondary N) is 1. The van der Waals surface area contributed by atoms with Crippen LogP contribution in [-0.2, 0) is 0 Å². The molecule has 0 aliphatic carbocycles. The van der Waals surface area contributed by atoms with E-state index in [1.165, 1.54) is 11.3 Å². The fraction of sp³-hybridized carbons (Fsp3) is 0.0588. The zero-order valence-corrected chi connectivity index (χ0v) is 12.4. The van der Waals surface area contributed by atoms with Crippen molar-refractivity contribution in [2.24, 2.45) is 0 Å². The number of aryl methyl sites for hydroxylation is 1. The fourth-order valence-electron chi connectivity index (χ4n) is 2.17. The van der Waals surface area contributed by atoms with Crippen LogP contribution in [0.25, 0.3) is 10.2 Å². The molecule has 2 heterocycles. The first-order chi connectivity index (χ1) is 10.6. The minimum Gasteiger partial charge on any atom is -0.506 e. The zero-order valence-electron chi connectivity index (χ0n) is 11.6. The van der Waals surface area contributed by atoms with Gasteiger partial charge in [-0.1, -0.05) is 30.0 Å². The largest absolute Gasteiger partial charge is 0.506 e. The summed E-state index contributed by atoms with van der Waals surface area (Å²) < 4.78 is 0. The van der Waals surface area contributed by atoms with Gasteiger partial charge in [0.25, 0.3) is 5.56 Å². The van der Waals surface area contributed by atoms with Crippen LogP contribution in [-0.4, -0.2) is 10.1 Å². The summed E-state index contributed by atoms with van der Waals surface area (Å²) in [5.41, 5.74) is 0.615. The number of pyridine rings is 1. The minimum atomic E-state index is -0.587. The van der Waals surface area contributed by atoms with Gasteiger partial charge in [-0.05, 0) is 19.1 Å². The number of benzene rings is 1. The molecule has 22 heavy (non-hydrogen) atoms. The Hall–Kier alpha value is -3.02. The van der Waals surface area contributed by atoms with Crippen LogP contribution in [0.15, 0.2) is 35.1 Å². The Morgan fingerprint density at radius 1 is 1.18 bits per heavy atom. The molecule has 0 saturated carbocycles. The number of rotatable bonds is 0. The molecule has 0 atom stereocenters. The lowest BCUT2D eigenvalue weighted by Crippen LogP contribution is -2.09. The third-order valence-electron chi connectivity index (χ3n) is 3.23. The first-order valence-electron chi connectivity index (χ1n) is 6.47. The van der Waals surface area contributed by atoms with Crippen LogP contribution < -0.4 is 5.56 Å². The summed E-state index contributed by atoms with van der Waals surface area (Å²) in [6.07, 6.45) is 0. The van der Waals surface area contributed by atoms with Gasteiger partial charge in [-0.15, -0.1) is 11.3 Å². The van der Waals surface area contributed by atoms with E-state index in [2.05, 4.69) is 16.8 Å². The number of aromatic nitrogens is 1. The summed E-state index contributed by atoms with van der Waals surface area (Å²) >= 11 is 1.33. The molecule has 0 saturated heterocycles. The van der Waals surface area contributed by atoms with Gasteiger partial charge in [0, 0.05) is 10.4 Å². The fourth-order valence-corrected chi connectivity index (χ4v) is 3.17. The number of fused-ring (bicyclic) bond motifs is 1. The predicted molar refractivity (Wildman–Crippen MR) is 86.0 cm³/mol. The third-order valence-corrected chi connectivity index (χ3v) is 4.25. The topological polar surface area (TPSA) is 76.9 Å². The Morgan fingerprint density at radius 2 is 1.91 bits per heavy atom. The minimum absolute atomic E-state index is 0.284. The summed E-state index contributed by atoms with van der Waals surface area (Å²) in [5, 5.41) is 19.7. The maximum absolute atomic E-state index is 11.7. The first-order valence-corrected chi connectivity index (χ1v) is 7.29. The number of hydrogen-bond donors (Lipinski definition) is 2. The number of nitrogens with zero attached hydrogens (tertiary/aromatic N) is 1. The highest BCUT2D eigenvalue weighted by atomic mass is 32.1. The van der Waals surface area contributed by atoms with Crippen molar-refractivity contribution in [3.8, 4) is 23.7 Å². The average molecular weight is 306 g/mol. The van der Waals surface area contributed by atoms with E-state index in [1.807, 2.05) is 37.3 Å². The molecule has 5 heteroatoms. The van der Waals surface area contributed by atoms with Gasteiger partial charge >= 0.3 is 0 Å². The molecule has 0 aliphatic heterocycles. The predicted octanol–water partition coefficient (Wildman–Crippen LogP) is 2.88. The Kier molecular flexibility index (Phi) is 3.42. The van der Waals surface area contributed by atoms with Crippen LogP contribution in [0.5, 0.6) is 5.75 Å². The van der Waals surface area contributed by atoms with E-state index in [9.17, 15) is 9.90 Å². The van der Waals surface area contributed by atoms with Crippen LogP contribution in [0, 0.1) is 30.1 Å². The lowest BCUT2D eigenvalue weighted by molar-refractivity contribution is 0.478. The lowest BCUT2D eigenvalue weighted by Gasteiger charge is -1.98. The lowest BCUT2D eigenvalue weighted by atomic mass is 10.1. The van der Waals surface area contributed by atoms with Crippen molar-refractivity contribution in [2.45, 2.75) is 6.92 Å². The molecule has 0 radical (unpaired) electrons. The van der Waals surface area contributed by atoms with Crippen LogP contribution in [0.1, 0.15) is 21.6 Å². The average Bonchev–Trinajstić information content (AvgIpc) is 2.82. The second kappa shape index (κ2) is 5.40. The molecule has 3 rings (SSSR count). The molecule has 3 aromatic rings. The van der Waals surface area contributed by atoms with Crippen LogP contribution in [0.3, 0.4) is 0 Å². The van der Waals surface area contributed by atoms with Gasteiger partial charge in [0.1, 0.15) is 16.6 Å². The van der Waals surface area contributed by atoms with Gasteiger partial charge < -0.3 is 10.1 Å². The molecular formula is C17H10N2O2S. The molecule has 2 N–H and O–H groups in total. The van der Waals surface area contributed by atoms with Gasteiger partial charge in [-0.25, -0.2) is 0 Å². The first kappa shape index (κ1) is 13.9. The van der Waals surface area contributed by atoms with Gasteiger partial charge in [0.15, 0.2) is 5.56 Å². The number of aromatic amines is 1. The summed E-state index contributed by atoms with van der Waals surface area (Å²) in [5.74, 6) is 5.76. The molecule has 0 amide bonds. The van der Waals surface area contributed by atoms with Crippen LogP contribution in [0.2, 0.25) is 0 Å². The maximum Gasteiger partial charge on any atom is 0.270 e. The Balaban J connectivity index is 2.28. The molecule has 2 aromatic heterocycles. The number of nitriles is 1. The quantitative estimate of drug-likeness (QED) is 0.627. The Labute approximate surface area is 130 Å². The molecular weight excluding hydrogens is 296 g/mol. The summed E-state index contributed by atoms with van der Waals surface area (Å²) in [6.45, 7) is 1.86. The number of thiophene rings is 1. The highest BCUT2D eigenvalue weighted by Gasteiger charge is 2.17. The van der Waals surface area contributed by atoms with Gasteiger partial charge in [-0.2, -0.15) is 5.26 Å². The molecule has 0 unspecified atom stereocenters. The summed E-state index contributed by atoms with van der Waals surface area (Å²) in [4.78, 5) is 15.7. The standard InChI is InChI=1S/C17H10N2O2S/c1-10-12(8-7-11-5-3-2-4-6-11)14-15(20)13(9-18)16(21)19-17(14)22-10/h2-6H,1H3,(H2,19,20,21). The van der Waals surface area contributed by atoms with E-state index >= 15 is 0 Å². The molecule has 0 aliphatic rings. The zero-order chi connectivity index (χ0) is 15.7. The second-order valence-corrected chi connectivity index (χ2v) is 5.87. The highest BCUT2D eigenvalue weighted by molar-refractivity contribution is 7.18. The van der Waals surface area contributed by atoms with E-state index in [1.54, 1.807) is 6.07 Å². The smallest absolute Gasteiger partial charge is 0.270 e. The van der Waals surface area contributed by atoms with Gasteiger partial charge in [0.2, 0.25) is 0 Å². The van der Waals surface area contributed by atoms with Gasteiger partial charge in [-0.3, -0.25) is 4.79 Å². The summed E-state index contributed by atoms with van der Waals surface area (Å²) in [6, 6.07) is 11.2. The van der Waals surface area contributed by atoms with Crippen LogP contribution in [0.4, 0.5) is 0 Å². The molecule has 4 nitrogen and oxygen atoms in total. The SMILES string of the molecule is Cc1sc2[nH]c(=O)c(C#N)c(O)c2c1C#Cc1ccccc1. The van der Waals surface area contributed by atoms with E-state index < -0.39 is 5.56 Å². The molecule has 0 spiro atoms. The van der Waals surface area contributed by atoms with Gasteiger partial charge in [0.05, 0.1) is 10.9 Å². The Bertz CT molecular complexity index is 1030. The van der Waals surface area contributed by atoms with Crippen LogP contribution >= 0.6 is 11.3 Å². The highest BCUT2D eigenvalue weighted by Crippen LogP contribution is 2.35. The van der Waals surface area contributed by atoms with E-state index in [-0.39, 0.29) is 11.3 Å². The number of H-pyrrole nitrogens is 1. The van der Waals surface area contributed by atoms with Crippen molar-refractivity contribution in [2.75, 3.05) is 0 Å².